The molecule has 116 valence electrons. The number of benzene rings is 2. The summed E-state index contributed by atoms with van der Waals surface area (Å²) < 4.78 is 24.8. The van der Waals surface area contributed by atoms with Crippen LogP contribution in [0.3, 0.4) is 0 Å². The lowest BCUT2D eigenvalue weighted by Gasteiger charge is -2.13. The number of hydrogen-bond donors (Lipinski definition) is 1. The third kappa shape index (κ3) is 3.54. The SMILES string of the molecule is CCc1ccc(NC(=O)C(C)S(=O)(=O)c2ccccc2)cc1. The molecule has 1 amide bonds. The van der Waals surface area contributed by atoms with Crippen molar-refractivity contribution in [2.75, 3.05) is 5.32 Å². The minimum atomic E-state index is -3.68. The summed E-state index contributed by atoms with van der Waals surface area (Å²) in [5.41, 5.74) is 1.75. The Hall–Kier alpha value is -2.14. The first-order valence-electron chi connectivity index (χ1n) is 7.14. The molecule has 22 heavy (non-hydrogen) atoms. The first-order valence-corrected chi connectivity index (χ1v) is 8.68. The molecule has 4 nitrogen and oxygen atoms in total. The fraction of sp³-hybridized carbons (Fsp3) is 0.235. The van der Waals surface area contributed by atoms with E-state index in [2.05, 4.69) is 5.32 Å². The zero-order valence-corrected chi connectivity index (χ0v) is 13.4. The van der Waals surface area contributed by atoms with Gasteiger partial charge in [0.1, 0.15) is 5.25 Å². The third-order valence-electron chi connectivity index (χ3n) is 3.54. The topological polar surface area (TPSA) is 63.2 Å². The Morgan fingerprint density at radius 3 is 2.18 bits per heavy atom. The van der Waals surface area contributed by atoms with Crippen LogP contribution in [0, 0.1) is 0 Å². The Balaban J connectivity index is 2.14. The van der Waals surface area contributed by atoms with Crippen molar-refractivity contribution in [1.29, 1.82) is 0 Å². The molecule has 2 aromatic rings. The molecule has 2 aromatic carbocycles. The maximum Gasteiger partial charge on any atom is 0.242 e. The number of carbonyl (C=O) groups excluding carboxylic acids is 1. The van der Waals surface area contributed by atoms with Gasteiger partial charge < -0.3 is 5.32 Å². The van der Waals surface area contributed by atoms with E-state index in [1.54, 1.807) is 30.3 Å². The van der Waals surface area contributed by atoms with Crippen molar-refractivity contribution in [3.8, 4) is 0 Å². The molecule has 0 heterocycles. The second-order valence-corrected chi connectivity index (χ2v) is 7.31. The highest BCUT2D eigenvalue weighted by molar-refractivity contribution is 7.92. The van der Waals surface area contributed by atoms with E-state index in [4.69, 9.17) is 0 Å². The monoisotopic (exact) mass is 317 g/mol. The van der Waals surface area contributed by atoms with Crippen molar-refractivity contribution >= 4 is 21.4 Å². The van der Waals surface area contributed by atoms with Gasteiger partial charge in [-0.25, -0.2) is 8.42 Å². The second-order valence-electron chi connectivity index (χ2n) is 5.04. The highest BCUT2D eigenvalue weighted by atomic mass is 32.2. The van der Waals surface area contributed by atoms with E-state index in [9.17, 15) is 13.2 Å². The van der Waals surface area contributed by atoms with Crippen molar-refractivity contribution in [2.45, 2.75) is 30.4 Å². The van der Waals surface area contributed by atoms with Crippen LogP contribution in [0.2, 0.25) is 0 Å². The standard InChI is InChI=1S/C17H19NO3S/c1-3-14-9-11-15(12-10-14)18-17(19)13(2)22(20,21)16-7-5-4-6-8-16/h4-13H,3H2,1-2H3,(H,18,19). The van der Waals surface area contributed by atoms with E-state index in [1.165, 1.54) is 19.1 Å². The summed E-state index contributed by atoms with van der Waals surface area (Å²) in [6.07, 6.45) is 0.910. The lowest BCUT2D eigenvalue weighted by atomic mass is 10.1. The number of aryl methyl sites for hydroxylation is 1. The highest BCUT2D eigenvalue weighted by Crippen LogP contribution is 2.17. The van der Waals surface area contributed by atoms with E-state index in [0.29, 0.717) is 5.69 Å². The molecule has 5 heteroatoms. The minimum Gasteiger partial charge on any atom is -0.325 e. The molecule has 1 N–H and O–H groups in total. The van der Waals surface area contributed by atoms with Crippen LogP contribution in [-0.2, 0) is 21.1 Å². The maximum atomic E-state index is 12.4. The van der Waals surface area contributed by atoms with Crippen LogP contribution >= 0.6 is 0 Å². The summed E-state index contributed by atoms with van der Waals surface area (Å²) in [6.45, 7) is 3.44. The Kier molecular flexibility index (Phi) is 4.98. The molecule has 0 aliphatic rings. The highest BCUT2D eigenvalue weighted by Gasteiger charge is 2.29. The third-order valence-corrected chi connectivity index (χ3v) is 5.61. The molecule has 0 saturated carbocycles. The Labute approximate surface area is 131 Å². The van der Waals surface area contributed by atoms with Gasteiger partial charge in [0.25, 0.3) is 0 Å². The molecule has 0 aliphatic heterocycles. The molecule has 2 rings (SSSR count). The summed E-state index contributed by atoms with van der Waals surface area (Å²) in [4.78, 5) is 12.3. The molecule has 1 unspecified atom stereocenters. The Morgan fingerprint density at radius 1 is 1.05 bits per heavy atom. The van der Waals surface area contributed by atoms with Gasteiger partial charge in [0, 0.05) is 5.69 Å². The summed E-state index contributed by atoms with van der Waals surface area (Å²) in [7, 11) is -3.68. The number of rotatable bonds is 5. The smallest absolute Gasteiger partial charge is 0.242 e. The lowest BCUT2D eigenvalue weighted by Crippen LogP contribution is -2.32. The number of hydrogen-bond acceptors (Lipinski definition) is 3. The average molecular weight is 317 g/mol. The number of anilines is 1. The van der Waals surface area contributed by atoms with Gasteiger partial charge in [0.2, 0.25) is 5.91 Å². The van der Waals surface area contributed by atoms with Crippen molar-refractivity contribution in [1.82, 2.24) is 0 Å². The molecule has 0 aromatic heterocycles. The van der Waals surface area contributed by atoms with Gasteiger partial charge in [0.05, 0.1) is 4.90 Å². The number of carbonyl (C=O) groups is 1. The minimum absolute atomic E-state index is 0.152. The van der Waals surface area contributed by atoms with Gasteiger partial charge >= 0.3 is 0 Å². The fourth-order valence-electron chi connectivity index (χ4n) is 2.02. The lowest BCUT2D eigenvalue weighted by molar-refractivity contribution is -0.115. The van der Waals surface area contributed by atoms with Crippen LogP contribution in [0.15, 0.2) is 59.5 Å². The van der Waals surface area contributed by atoms with Crippen LogP contribution in [0.25, 0.3) is 0 Å². The normalized spacial score (nSPS) is 12.6. The molecule has 0 fully saturated rings. The quantitative estimate of drug-likeness (QED) is 0.922. The predicted octanol–water partition coefficient (Wildman–Crippen LogP) is 3.05. The zero-order valence-electron chi connectivity index (χ0n) is 12.6. The van der Waals surface area contributed by atoms with Gasteiger partial charge in [-0.15, -0.1) is 0 Å². The van der Waals surface area contributed by atoms with Crippen LogP contribution in [-0.4, -0.2) is 19.6 Å². The molecule has 0 bridgehead atoms. The summed E-state index contributed by atoms with van der Waals surface area (Å²) in [6, 6.07) is 15.4. The van der Waals surface area contributed by atoms with Crippen LogP contribution in [0.1, 0.15) is 19.4 Å². The van der Waals surface area contributed by atoms with Crippen molar-refractivity contribution < 1.29 is 13.2 Å². The van der Waals surface area contributed by atoms with E-state index >= 15 is 0 Å². The maximum absolute atomic E-state index is 12.4. The first kappa shape index (κ1) is 16.2. The van der Waals surface area contributed by atoms with Crippen molar-refractivity contribution in [2.24, 2.45) is 0 Å². The number of nitrogens with one attached hydrogen (secondary N) is 1. The van der Waals surface area contributed by atoms with Crippen LogP contribution in [0.5, 0.6) is 0 Å². The summed E-state index contributed by atoms with van der Waals surface area (Å²) in [5, 5.41) is 1.50. The second kappa shape index (κ2) is 6.75. The molecule has 0 aliphatic carbocycles. The van der Waals surface area contributed by atoms with Gasteiger partial charge in [-0.3, -0.25) is 4.79 Å². The number of amides is 1. The van der Waals surface area contributed by atoms with Gasteiger partial charge in [-0.2, -0.15) is 0 Å². The first-order chi connectivity index (χ1) is 10.4. The van der Waals surface area contributed by atoms with Gasteiger partial charge in [-0.1, -0.05) is 37.3 Å². The van der Waals surface area contributed by atoms with Gasteiger partial charge in [0.15, 0.2) is 9.84 Å². The van der Waals surface area contributed by atoms with Crippen molar-refractivity contribution in [3.05, 3.63) is 60.2 Å². The van der Waals surface area contributed by atoms with Crippen molar-refractivity contribution in [3.63, 3.8) is 0 Å². The Bertz CT molecular complexity index is 737. The summed E-state index contributed by atoms with van der Waals surface area (Å²) >= 11 is 0. The van der Waals surface area contributed by atoms with E-state index in [-0.39, 0.29) is 4.90 Å². The zero-order chi connectivity index (χ0) is 16.2. The van der Waals surface area contributed by atoms with Crippen LogP contribution < -0.4 is 5.32 Å². The largest absolute Gasteiger partial charge is 0.325 e. The van der Waals surface area contributed by atoms with Crippen LogP contribution in [0.4, 0.5) is 5.69 Å². The van der Waals surface area contributed by atoms with E-state index in [0.717, 1.165) is 12.0 Å². The fourth-order valence-corrected chi connectivity index (χ4v) is 3.31. The predicted molar refractivity (Wildman–Crippen MR) is 87.5 cm³/mol. The molecular weight excluding hydrogens is 298 g/mol. The average Bonchev–Trinajstić information content (AvgIpc) is 2.55. The van der Waals surface area contributed by atoms with E-state index in [1.807, 2.05) is 19.1 Å². The summed E-state index contributed by atoms with van der Waals surface area (Å²) in [5.74, 6) is -0.534. The molecule has 0 spiro atoms. The molecule has 0 radical (unpaired) electrons. The van der Waals surface area contributed by atoms with E-state index < -0.39 is 21.0 Å². The van der Waals surface area contributed by atoms with Gasteiger partial charge in [-0.05, 0) is 43.2 Å². The Morgan fingerprint density at radius 2 is 1.64 bits per heavy atom. The molecular formula is C17H19NO3S. The molecule has 1 atom stereocenters. The molecule has 0 saturated heterocycles. The number of sulfone groups is 1.